The zero-order valence-electron chi connectivity index (χ0n) is 14.4. The van der Waals surface area contributed by atoms with E-state index in [9.17, 15) is 9.59 Å². The number of ether oxygens (including phenoxy) is 1. The highest BCUT2D eigenvalue weighted by Crippen LogP contribution is 2.29. The molecule has 0 spiro atoms. The van der Waals surface area contributed by atoms with Crippen LogP contribution in [0.25, 0.3) is 10.2 Å². The minimum Gasteiger partial charge on any atom is -0.452 e. The number of hydrogen-bond acceptors (Lipinski definition) is 6. The Morgan fingerprint density at radius 1 is 1.15 bits per heavy atom. The van der Waals surface area contributed by atoms with Crippen molar-refractivity contribution in [3.63, 3.8) is 0 Å². The molecule has 2 aromatic carbocycles. The van der Waals surface area contributed by atoms with Gasteiger partial charge in [0.25, 0.3) is 5.91 Å². The lowest BCUT2D eigenvalue weighted by molar-refractivity contribution is -0.151. The number of para-hydroxylation sites is 2. The Labute approximate surface area is 160 Å². The maximum atomic E-state index is 12.4. The number of benzene rings is 2. The maximum absolute atomic E-state index is 12.4. The zero-order valence-corrected chi connectivity index (χ0v) is 16.0. The van der Waals surface area contributed by atoms with Crippen LogP contribution in [0.1, 0.15) is 6.92 Å². The quantitative estimate of drug-likeness (QED) is 0.474. The van der Waals surface area contributed by atoms with E-state index >= 15 is 0 Å². The number of amides is 1. The minimum absolute atomic E-state index is 0.118. The second-order valence-electron chi connectivity index (χ2n) is 5.60. The second-order valence-corrected chi connectivity index (χ2v) is 7.85. The van der Waals surface area contributed by atoms with Crippen molar-refractivity contribution >= 4 is 50.9 Å². The van der Waals surface area contributed by atoms with Gasteiger partial charge in [-0.1, -0.05) is 42.1 Å². The highest BCUT2D eigenvalue weighted by atomic mass is 32.2. The van der Waals surface area contributed by atoms with E-state index < -0.39 is 12.1 Å². The van der Waals surface area contributed by atoms with Crippen LogP contribution >= 0.6 is 23.1 Å². The average molecular weight is 386 g/mol. The summed E-state index contributed by atoms with van der Waals surface area (Å²) in [6.07, 6.45) is -0.844. The average Bonchev–Trinajstić information content (AvgIpc) is 3.09. The molecule has 1 amide bonds. The molecule has 3 aromatic rings. The summed E-state index contributed by atoms with van der Waals surface area (Å²) in [5.74, 6) is -0.585. The summed E-state index contributed by atoms with van der Waals surface area (Å²) in [4.78, 5) is 30.4. The van der Waals surface area contributed by atoms with Gasteiger partial charge in [-0.15, -0.1) is 11.3 Å². The highest BCUT2D eigenvalue weighted by Gasteiger charge is 2.22. The number of thiazole rings is 1. The predicted molar refractivity (Wildman–Crippen MR) is 106 cm³/mol. The topological polar surface area (TPSA) is 59.5 Å². The molecule has 0 N–H and O–H groups in total. The largest absolute Gasteiger partial charge is 0.452 e. The molecular weight excluding hydrogens is 368 g/mol. The van der Waals surface area contributed by atoms with Gasteiger partial charge in [-0.25, -0.2) is 4.98 Å². The first-order chi connectivity index (χ1) is 12.5. The number of likely N-dealkylation sites (N-methyl/N-ethyl adjacent to an activating group) is 1. The fourth-order valence-electron chi connectivity index (χ4n) is 2.37. The van der Waals surface area contributed by atoms with Crippen LogP contribution < -0.4 is 4.90 Å². The lowest BCUT2D eigenvalue weighted by Gasteiger charge is -2.21. The van der Waals surface area contributed by atoms with Gasteiger partial charge in [-0.05, 0) is 31.2 Å². The number of fused-ring (bicyclic) bond motifs is 1. The normalized spacial score (nSPS) is 11.9. The molecule has 7 heteroatoms. The zero-order chi connectivity index (χ0) is 18.5. The number of esters is 1. The fraction of sp³-hybridized carbons (Fsp3) is 0.211. The van der Waals surface area contributed by atoms with E-state index in [4.69, 9.17) is 4.74 Å². The molecule has 0 aliphatic heterocycles. The third kappa shape index (κ3) is 4.42. The van der Waals surface area contributed by atoms with Crippen LogP contribution in [0.3, 0.4) is 0 Å². The number of carbonyl (C=O) groups excluding carboxylic acids is 2. The third-order valence-corrected chi connectivity index (χ3v) is 5.87. The lowest BCUT2D eigenvalue weighted by atomic mass is 10.2. The summed E-state index contributed by atoms with van der Waals surface area (Å²) in [5.41, 5.74) is 1.67. The molecule has 0 saturated carbocycles. The monoisotopic (exact) mass is 386 g/mol. The van der Waals surface area contributed by atoms with Crippen molar-refractivity contribution in [3.05, 3.63) is 54.6 Å². The molecule has 0 fully saturated rings. The van der Waals surface area contributed by atoms with E-state index in [1.807, 2.05) is 54.6 Å². The Morgan fingerprint density at radius 2 is 1.85 bits per heavy atom. The van der Waals surface area contributed by atoms with Gasteiger partial charge in [-0.3, -0.25) is 9.59 Å². The van der Waals surface area contributed by atoms with Gasteiger partial charge in [0.1, 0.15) is 0 Å². The van der Waals surface area contributed by atoms with E-state index in [-0.39, 0.29) is 11.7 Å². The van der Waals surface area contributed by atoms with Crippen molar-refractivity contribution in [1.82, 2.24) is 4.98 Å². The Hall–Kier alpha value is -2.38. The molecule has 0 aliphatic rings. The third-order valence-electron chi connectivity index (χ3n) is 3.72. The molecule has 5 nitrogen and oxygen atoms in total. The van der Waals surface area contributed by atoms with Gasteiger partial charge in [0, 0.05) is 12.7 Å². The van der Waals surface area contributed by atoms with Crippen molar-refractivity contribution in [2.45, 2.75) is 17.4 Å². The van der Waals surface area contributed by atoms with E-state index in [1.54, 1.807) is 14.0 Å². The minimum atomic E-state index is -0.844. The van der Waals surface area contributed by atoms with Crippen molar-refractivity contribution in [1.29, 1.82) is 0 Å². The Morgan fingerprint density at radius 3 is 2.58 bits per heavy atom. The second kappa shape index (κ2) is 8.33. The molecule has 0 unspecified atom stereocenters. The summed E-state index contributed by atoms with van der Waals surface area (Å²) in [6.45, 7) is 1.59. The number of rotatable bonds is 6. The Bertz CT molecular complexity index is 878. The Balaban J connectivity index is 1.53. The number of nitrogens with zero attached hydrogens (tertiary/aromatic N) is 2. The van der Waals surface area contributed by atoms with Crippen LogP contribution in [-0.2, 0) is 14.3 Å². The molecule has 0 bridgehead atoms. The van der Waals surface area contributed by atoms with Crippen LogP contribution in [0.5, 0.6) is 0 Å². The van der Waals surface area contributed by atoms with E-state index in [2.05, 4.69) is 4.98 Å². The molecule has 0 aliphatic carbocycles. The predicted octanol–water partition coefficient (Wildman–Crippen LogP) is 3.98. The van der Waals surface area contributed by atoms with Crippen molar-refractivity contribution in [2.75, 3.05) is 17.7 Å². The van der Waals surface area contributed by atoms with Gasteiger partial charge in [-0.2, -0.15) is 0 Å². The summed E-state index contributed by atoms with van der Waals surface area (Å²) in [7, 11) is 1.66. The highest BCUT2D eigenvalue weighted by molar-refractivity contribution is 8.01. The van der Waals surface area contributed by atoms with Gasteiger partial charge in [0.15, 0.2) is 10.4 Å². The first kappa shape index (κ1) is 18.4. The van der Waals surface area contributed by atoms with E-state index in [1.165, 1.54) is 28.0 Å². The summed E-state index contributed by atoms with van der Waals surface area (Å²) in [6, 6.07) is 17.1. The maximum Gasteiger partial charge on any atom is 0.317 e. The number of aromatic nitrogens is 1. The lowest BCUT2D eigenvalue weighted by Crippen LogP contribution is -2.37. The van der Waals surface area contributed by atoms with Gasteiger partial charge in [0.05, 0.1) is 16.0 Å². The molecule has 0 saturated heterocycles. The number of thioether (sulfide) groups is 1. The molecular formula is C19H18N2O3S2. The smallest absolute Gasteiger partial charge is 0.317 e. The first-order valence-corrected chi connectivity index (χ1v) is 9.85. The van der Waals surface area contributed by atoms with Crippen LogP contribution in [0, 0.1) is 0 Å². The van der Waals surface area contributed by atoms with E-state index in [0.29, 0.717) is 0 Å². The van der Waals surface area contributed by atoms with Crippen LogP contribution in [0.2, 0.25) is 0 Å². The molecule has 26 heavy (non-hydrogen) atoms. The first-order valence-electron chi connectivity index (χ1n) is 8.05. The molecule has 0 radical (unpaired) electrons. The van der Waals surface area contributed by atoms with Crippen LogP contribution in [-0.4, -0.2) is 35.8 Å². The van der Waals surface area contributed by atoms with Crippen molar-refractivity contribution in [2.24, 2.45) is 0 Å². The summed E-state index contributed by atoms with van der Waals surface area (Å²) >= 11 is 2.86. The van der Waals surface area contributed by atoms with Crippen LogP contribution in [0.4, 0.5) is 5.69 Å². The number of hydrogen-bond donors (Lipinski definition) is 0. The van der Waals surface area contributed by atoms with Crippen molar-refractivity contribution < 1.29 is 14.3 Å². The SMILES string of the molecule is C[C@@H](OC(=O)CSc1nc2ccccc2s1)C(=O)N(C)c1ccccc1. The van der Waals surface area contributed by atoms with Crippen molar-refractivity contribution in [3.8, 4) is 0 Å². The van der Waals surface area contributed by atoms with Gasteiger partial charge in [0.2, 0.25) is 0 Å². The molecule has 1 aromatic heterocycles. The summed E-state index contributed by atoms with van der Waals surface area (Å²) < 4.78 is 7.17. The standard InChI is InChI=1S/C19H18N2O3S2/c1-13(18(23)21(2)14-8-4-3-5-9-14)24-17(22)12-25-19-20-15-10-6-7-11-16(15)26-19/h3-11,13H,12H2,1-2H3/t13-/m1/s1. The Kier molecular flexibility index (Phi) is 5.90. The van der Waals surface area contributed by atoms with E-state index in [0.717, 1.165) is 20.2 Å². The van der Waals surface area contributed by atoms with Gasteiger partial charge >= 0.3 is 5.97 Å². The number of carbonyl (C=O) groups is 2. The number of anilines is 1. The molecule has 3 rings (SSSR count). The van der Waals surface area contributed by atoms with Gasteiger partial charge < -0.3 is 9.64 Å². The molecule has 1 heterocycles. The van der Waals surface area contributed by atoms with Crippen LogP contribution in [0.15, 0.2) is 58.9 Å². The summed E-state index contributed by atoms with van der Waals surface area (Å²) in [5, 5.41) is 0. The molecule has 1 atom stereocenters. The fourth-order valence-corrected chi connectivity index (χ4v) is 4.22. The molecule has 134 valence electrons.